The minimum atomic E-state index is -4.22. The fraction of sp³-hybridized carbons (Fsp3) is 0.556. The van der Waals surface area contributed by atoms with E-state index in [1.54, 1.807) is 6.92 Å². The number of aromatic nitrogens is 2. The molecular formula is C9H11F3N2. The third kappa shape index (κ3) is 2.68. The summed E-state index contributed by atoms with van der Waals surface area (Å²) >= 11 is 0. The molecule has 0 aliphatic rings. The summed E-state index contributed by atoms with van der Waals surface area (Å²) in [7, 11) is 0. The van der Waals surface area contributed by atoms with Crippen molar-refractivity contribution in [1.29, 1.82) is 0 Å². The molecule has 14 heavy (non-hydrogen) atoms. The van der Waals surface area contributed by atoms with Gasteiger partial charge in [0, 0.05) is 6.20 Å². The highest BCUT2D eigenvalue weighted by atomic mass is 19.4. The van der Waals surface area contributed by atoms with Gasteiger partial charge in [-0.3, -0.25) is 0 Å². The summed E-state index contributed by atoms with van der Waals surface area (Å²) in [6.45, 7) is 1.72. The second-order valence-electron chi connectivity index (χ2n) is 3.02. The van der Waals surface area contributed by atoms with Crippen molar-refractivity contribution < 1.29 is 13.2 Å². The van der Waals surface area contributed by atoms with Crippen LogP contribution in [0.3, 0.4) is 0 Å². The molecule has 0 aromatic carbocycles. The fourth-order valence-corrected chi connectivity index (χ4v) is 1.27. The van der Waals surface area contributed by atoms with Crippen molar-refractivity contribution in [3.63, 3.8) is 0 Å². The fourth-order valence-electron chi connectivity index (χ4n) is 1.27. The quantitative estimate of drug-likeness (QED) is 0.756. The molecule has 1 heterocycles. The Balaban J connectivity index is 2.89. The molecular weight excluding hydrogens is 193 g/mol. The second kappa shape index (κ2) is 4.39. The number of rotatable bonds is 3. The molecule has 1 rings (SSSR count). The van der Waals surface area contributed by atoms with E-state index >= 15 is 0 Å². The van der Waals surface area contributed by atoms with Gasteiger partial charge in [0.2, 0.25) is 0 Å². The molecule has 0 saturated carbocycles. The molecule has 0 bridgehead atoms. The summed E-state index contributed by atoms with van der Waals surface area (Å²) < 4.78 is 37.6. The van der Waals surface area contributed by atoms with E-state index in [4.69, 9.17) is 0 Å². The van der Waals surface area contributed by atoms with E-state index in [2.05, 4.69) is 9.97 Å². The lowest BCUT2D eigenvalue weighted by Gasteiger charge is -2.18. The van der Waals surface area contributed by atoms with Gasteiger partial charge in [0.1, 0.15) is 6.33 Å². The van der Waals surface area contributed by atoms with Gasteiger partial charge in [-0.05, 0) is 12.5 Å². The lowest BCUT2D eigenvalue weighted by Crippen LogP contribution is -2.21. The smallest absolute Gasteiger partial charge is 0.245 e. The topological polar surface area (TPSA) is 25.8 Å². The van der Waals surface area contributed by atoms with E-state index in [9.17, 15) is 13.2 Å². The number of hydrogen-bond acceptors (Lipinski definition) is 2. The van der Waals surface area contributed by atoms with Crippen LogP contribution in [0.25, 0.3) is 0 Å². The summed E-state index contributed by atoms with van der Waals surface area (Å²) in [4.78, 5) is 7.22. The Morgan fingerprint density at radius 2 is 2.14 bits per heavy atom. The van der Waals surface area contributed by atoms with Crippen LogP contribution >= 0.6 is 0 Å². The maximum absolute atomic E-state index is 12.5. The summed E-state index contributed by atoms with van der Waals surface area (Å²) in [6.07, 6.45) is -1.19. The molecule has 1 unspecified atom stereocenters. The highest BCUT2D eigenvalue weighted by molar-refractivity contribution is 5.08. The van der Waals surface area contributed by atoms with E-state index in [0.717, 1.165) is 6.33 Å². The van der Waals surface area contributed by atoms with Crippen molar-refractivity contribution in [3.05, 3.63) is 24.3 Å². The van der Waals surface area contributed by atoms with Gasteiger partial charge in [-0.1, -0.05) is 13.3 Å². The maximum Gasteiger partial charge on any atom is 0.397 e. The number of hydrogen-bond donors (Lipinski definition) is 0. The average Bonchev–Trinajstić information content (AvgIpc) is 2.14. The monoisotopic (exact) mass is 204 g/mol. The number of nitrogens with zero attached hydrogens (tertiary/aromatic N) is 2. The zero-order chi connectivity index (χ0) is 10.6. The van der Waals surface area contributed by atoms with Crippen LogP contribution in [-0.4, -0.2) is 16.1 Å². The Hall–Kier alpha value is -1.13. The Labute approximate surface area is 80.2 Å². The van der Waals surface area contributed by atoms with Gasteiger partial charge >= 0.3 is 6.18 Å². The van der Waals surface area contributed by atoms with Crippen LogP contribution in [0.4, 0.5) is 13.2 Å². The lowest BCUT2D eigenvalue weighted by atomic mass is 9.99. The van der Waals surface area contributed by atoms with E-state index in [1.807, 2.05) is 0 Å². The van der Waals surface area contributed by atoms with Crippen molar-refractivity contribution in [1.82, 2.24) is 9.97 Å². The van der Waals surface area contributed by atoms with Crippen LogP contribution in [-0.2, 0) is 0 Å². The first-order valence-corrected chi connectivity index (χ1v) is 4.38. The van der Waals surface area contributed by atoms with Crippen LogP contribution in [0, 0.1) is 0 Å². The Morgan fingerprint density at radius 3 is 2.57 bits per heavy atom. The zero-order valence-corrected chi connectivity index (χ0v) is 7.75. The predicted molar refractivity (Wildman–Crippen MR) is 45.7 cm³/mol. The van der Waals surface area contributed by atoms with E-state index in [-0.39, 0.29) is 12.1 Å². The minimum Gasteiger partial charge on any atom is -0.245 e. The highest BCUT2D eigenvalue weighted by Crippen LogP contribution is 2.36. The zero-order valence-electron chi connectivity index (χ0n) is 7.75. The van der Waals surface area contributed by atoms with Gasteiger partial charge in [0.25, 0.3) is 0 Å². The Kier molecular flexibility index (Phi) is 3.43. The molecule has 0 saturated heterocycles. The summed E-state index contributed by atoms with van der Waals surface area (Å²) in [5.74, 6) is -1.46. The van der Waals surface area contributed by atoms with Crippen LogP contribution in [0.15, 0.2) is 18.6 Å². The molecule has 0 radical (unpaired) electrons. The molecule has 2 nitrogen and oxygen atoms in total. The molecule has 1 aromatic heterocycles. The van der Waals surface area contributed by atoms with Crippen molar-refractivity contribution in [2.45, 2.75) is 31.9 Å². The molecule has 1 atom stereocenters. The summed E-state index contributed by atoms with van der Waals surface area (Å²) in [5, 5.41) is 0. The first kappa shape index (κ1) is 10.9. The van der Waals surface area contributed by atoms with Crippen LogP contribution < -0.4 is 0 Å². The van der Waals surface area contributed by atoms with Gasteiger partial charge in [-0.15, -0.1) is 0 Å². The lowest BCUT2D eigenvalue weighted by molar-refractivity contribution is -0.152. The molecule has 5 heteroatoms. The van der Waals surface area contributed by atoms with Crippen molar-refractivity contribution in [3.8, 4) is 0 Å². The van der Waals surface area contributed by atoms with Crippen LogP contribution in [0.2, 0.25) is 0 Å². The third-order valence-corrected chi connectivity index (χ3v) is 1.93. The van der Waals surface area contributed by atoms with Gasteiger partial charge in [0.05, 0.1) is 11.6 Å². The second-order valence-corrected chi connectivity index (χ2v) is 3.02. The molecule has 0 spiro atoms. The van der Waals surface area contributed by atoms with Crippen LogP contribution in [0.5, 0.6) is 0 Å². The predicted octanol–water partition coefficient (Wildman–Crippen LogP) is 2.92. The van der Waals surface area contributed by atoms with Gasteiger partial charge in [0.15, 0.2) is 0 Å². The van der Waals surface area contributed by atoms with E-state index in [1.165, 1.54) is 12.3 Å². The molecule has 0 aliphatic heterocycles. The highest BCUT2D eigenvalue weighted by Gasteiger charge is 2.40. The maximum atomic E-state index is 12.5. The standard InChI is InChI=1S/C9H11F3N2/c1-2-3-7(9(10,11)12)8-4-5-13-6-14-8/h4-7H,2-3H2,1H3. The minimum absolute atomic E-state index is 0.0503. The molecule has 78 valence electrons. The van der Waals surface area contributed by atoms with Crippen molar-refractivity contribution >= 4 is 0 Å². The number of halogens is 3. The van der Waals surface area contributed by atoms with Crippen molar-refractivity contribution in [2.24, 2.45) is 0 Å². The van der Waals surface area contributed by atoms with E-state index in [0.29, 0.717) is 6.42 Å². The van der Waals surface area contributed by atoms with E-state index < -0.39 is 12.1 Å². The largest absolute Gasteiger partial charge is 0.397 e. The molecule has 0 aliphatic carbocycles. The Morgan fingerprint density at radius 1 is 1.43 bits per heavy atom. The first-order chi connectivity index (χ1) is 6.55. The van der Waals surface area contributed by atoms with Gasteiger partial charge in [-0.25, -0.2) is 9.97 Å². The Bertz CT molecular complexity index is 271. The molecule has 0 fully saturated rings. The summed E-state index contributed by atoms with van der Waals surface area (Å²) in [5.41, 5.74) is 0.0503. The first-order valence-electron chi connectivity index (χ1n) is 4.38. The van der Waals surface area contributed by atoms with Crippen molar-refractivity contribution in [2.75, 3.05) is 0 Å². The molecule has 0 N–H and O–H groups in total. The van der Waals surface area contributed by atoms with Gasteiger partial charge < -0.3 is 0 Å². The average molecular weight is 204 g/mol. The SMILES string of the molecule is CCCC(c1ccncn1)C(F)(F)F. The third-order valence-electron chi connectivity index (χ3n) is 1.93. The molecule has 1 aromatic rings. The number of alkyl halides is 3. The molecule has 0 amide bonds. The summed E-state index contributed by atoms with van der Waals surface area (Å²) in [6, 6.07) is 1.31. The normalized spacial score (nSPS) is 14.0. The van der Waals surface area contributed by atoms with Crippen LogP contribution in [0.1, 0.15) is 31.4 Å². The van der Waals surface area contributed by atoms with Gasteiger partial charge in [-0.2, -0.15) is 13.2 Å².